The molecule has 0 spiro atoms. The van der Waals surface area contributed by atoms with Crippen molar-refractivity contribution >= 4 is 0 Å². The molecule has 0 aliphatic heterocycles. The molecule has 0 saturated carbocycles. The van der Waals surface area contributed by atoms with E-state index in [2.05, 4.69) is 34.7 Å². The fourth-order valence-electron chi connectivity index (χ4n) is 4.18. The maximum atomic E-state index is 2.51. The van der Waals surface area contributed by atoms with Crippen LogP contribution >= 0.6 is 0 Å². The molecule has 1 nitrogen and oxygen atoms in total. The van der Waals surface area contributed by atoms with Gasteiger partial charge < -0.3 is 4.48 Å². The molecule has 0 aliphatic carbocycles. The van der Waals surface area contributed by atoms with Gasteiger partial charge in [0.1, 0.15) is 0 Å². The lowest BCUT2D eigenvalue weighted by molar-refractivity contribution is -0.930. The molecule has 0 aromatic rings. The van der Waals surface area contributed by atoms with Crippen LogP contribution < -0.4 is 0 Å². The molecule has 0 amide bonds. The first kappa shape index (κ1) is 26.0. The second-order valence-electron chi connectivity index (χ2n) is 9.11. The quantitative estimate of drug-likeness (QED) is 0.149. The molecule has 0 N–H and O–H groups in total. The molecule has 0 aromatic carbocycles. The summed E-state index contributed by atoms with van der Waals surface area (Å²) in [5.74, 6) is 0. The molecule has 0 aliphatic rings. The Labute approximate surface area is 167 Å². The van der Waals surface area contributed by atoms with Crippen LogP contribution in [0.4, 0.5) is 0 Å². The third-order valence-electron chi connectivity index (χ3n) is 6.78. The number of rotatable bonds is 20. The van der Waals surface area contributed by atoms with Gasteiger partial charge in [-0.1, -0.05) is 97.3 Å². The predicted octanol–water partition coefficient (Wildman–Crippen LogP) is 8.51. The minimum absolute atomic E-state index is 0.838. The molecule has 2 atom stereocenters. The lowest BCUT2D eigenvalue weighted by Crippen LogP contribution is -2.51. The van der Waals surface area contributed by atoms with Crippen molar-refractivity contribution in [1.29, 1.82) is 0 Å². The van der Waals surface area contributed by atoms with Crippen molar-refractivity contribution in [1.82, 2.24) is 0 Å². The van der Waals surface area contributed by atoms with Crippen molar-refractivity contribution in [3.05, 3.63) is 0 Å². The van der Waals surface area contributed by atoms with E-state index in [0.29, 0.717) is 0 Å². The highest BCUT2D eigenvalue weighted by Crippen LogP contribution is 2.20. The Morgan fingerprint density at radius 3 is 1.35 bits per heavy atom. The highest BCUT2D eigenvalue weighted by atomic mass is 15.3. The highest BCUT2D eigenvalue weighted by molar-refractivity contribution is 4.56. The van der Waals surface area contributed by atoms with Gasteiger partial charge in [-0.05, 0) is 39.5 Å². The molecule has 26 heavy (non-hydrogen) atoms. The van der Waals surface area contributed by atoms with E-state index < -0.39 is 0 Å². The number of quaternary nitrogens is 1. The first-order valence-corrected chi connectivity index (χ1v) is 12.4. The van der Waals surface area contributed by atoms with Gasteiger partial charge in [0, 0.05) is 0 Å². The molecule has 0 heterocycles. The van der Waals surface area contributed by atoms with Gasteiger partial charge in [-0.2, -0.15) is 0 Å². The van der Waals surface area contributed by atoms with Gasteiger partial charge in [0.05, 0.1) is 26.2 Å². The van der Waals surface area contributed by atoms with Gasteiger partial charge in [0.2, 0.25) is 0 Å². The van der Waals surface area contributed by atoms with E-state index in [1.54, 1.807) is 0 Å². The molecule has 0 bridgehead atoms. The van der Waals surface area contributed by atoms with E-state index in [9.17, 15) is 0 Å². The molecule has 0 radical (unpaired) electrons. The van der Waals surface area contributed by atoms with Crippen molar-refractivity contribution in [2.75, 3.05) is 20.1 Å². The third kappa shape index (κ3) is 14.1. The molecule has 0 rings (SSSR count). The molecule has 158 valence electrons. The summed E-state index contributed by atoms with van der Waals surface area (Å²) < 4.78 is 1.30. The minimum Gasteiger partial charge on any atom is -0.324 e. The van der Waals surface area contributed by atoms with Crippen LogP contribution in [0, 0.1) is 0 Å². The topological polar surface area (TPSA) is 0 Å². The number of hydrogen-bond donors (Lipinski definition) is 0. The average Bonchev–Trinajstić information content (AvgIpc) is 2.65. The summed E-state index contributed by atoms with van der Waals surface area (Å²) in [6, 6.07) is 0.838. The number of nitrogens with zero attached hydrogens (tertiary/aromatic N) is 1. The van der Waals surface area contributed by atoms with Crippen molar-refractivity contribution in [2.24, 2.45) is 0 Å². The van der Waals surface area contributed by atoms with Crippen molar-refractivity contribution < 1.29 is 4.48 Å². The van der Waals surface area contributed by atoms with Crippen LogP contribution in [-0.2, 0) is 0 Å². The van der Waals surface area contributed by atoms with Gasteiger partial charge in [0.15, 0.2) is 0 Å². The zero-order valence-corrected chi connectivity index (χ0v) is 19.5. The summed E-state index contributed by atoms with van der Waals surface area (Å²) in [4.78, 5) is 0. The normalized spacial score (nSPS) is 15.1. The minimum atomic E-state index is 0.838. The molecule has 0 saturated heterocycles. The van der Waals surface area contributed by atoms with Crippen LogP contribution in [0.15, 0.2) is 0 Å². The summed E-state index contributed by atoms with van der Waals surface area (Å²) >= 11 is 0. The second-order valence-corrected chi connectivity index (χ2v) is 9.11. The van der Waals surface area contributed by atoms with Crippen molar-refractivity contribution in [3.63, 3.8) is 0 Å². The van der Waals surface area contributed by atoms with Crippen LogP contribution in [0.2, 0.25) is 0 Å². The molecular formula is C25H54N+. The van der Waals surface area contributed by atoms with Crippen molar-refractivity contribution in [3.8, 4) is 0 Å². The Morgan fingerprint density at radius 2 is 0.923 bits per heavy atom. The Kier molecular flexibility index (Phi) is 18.3. The summed E-state index contributed by atoms with van der Waals surface area (Å²) in [6.07, 6.45) is 24.5. The van der Waals surface area contributed by atoms with Gasteiger partial charge in [-0.3, -0.25) is 0 Å². The summed E-state index contributed by atoms with van der Waals surface area (Å²) in [6.45, 7) is 12.2. The first-order chi connectivity index (χ1) is 12.6. The van der Waals surface area contributed by atoms with E-state index in [1.165, 1.54) is 127 Å². The standard InChI is InChI=1S/C25H54N/c1-6-9-11-13-15-17-19-21-23-25(4)26(5,8-3)24-22-20-18-16-14-12-10-7-2/h25H,6-24H2,1-5H3/q+1. The fourth-order valence-corrected chi connectivity index (χ4v) is 4.18. The van der Waals surface area contributed by atoms with Gasteiger partial charge in [0.25, 0.3) is 0 Å². The summed E-state index contributed by atoms with van der Waals surface area (Å²) in [7, 11) is 2.51. The lowest BCUT2D eigenvalue weighted by atomic mass is 10.0. The monoisotopic (exact) mass is 368 g/mol. The Hall–Kier alpha value is -0.0400. The summed E-state index contributed by atoms with van der Waals surface area (Å²) in [5.41, 5.74) is 0. The van der Waals surface area contributed by atoms with Crippen molar-refractivity contribution in [2.45, 2.75) is 143 Å². The van der Waals surface area contributed by atoms with E-state index >= 15 is 0 Å². The molecule has 2 unspecified atom stereocenters. The largest absolute Gasteiger partial charge is 0.324 e. The smallest absolute Gasteiger partial charge is 0.0859 e. The van der Waals surface area contributed by atoms with Gasteiger partial charge in [-0.15, -0.1) is 0 Å². The van der Waals surface area contributed by atoms with Gasteiger partial charge in [-0.25, -0.2) is 0 Å². The fraction of sp³-hybridized carbons (Fsp3) is 1.00. The SMILES string of the molecule is CCCCCCCCCCC(C)[N+](C)(CC)CCCCCCCCCC. The number of hydrogen-bond acceptors (Lipinski definition) is 0. The van der Waals surface area contributed by atoms with E-state index in [4.69, 9.17) is 0 Å². The maximum absolute atomic E-state index is 2.51. The van der Waals surface area contributed by atoms with E-state index in [-0.39, 0.29) is 0 Å². The molecular weight excluding hydrogens is 314 g/mol. The first-order valence-electron chi connectivity index (χ1n) is 12.4. The Balaban J connectivity index is 3.72. The van der Waals surface area contributed by atoms with Crippen LogP contribution in [-0.4, -0.2) is 30.7 Å². The number of unbranched alkanes of at least 4 members (excludes halogenated alkanes) is 14. The van der Waals surface area contributed by atoms with Crippen LogP contribution in [0.25, 0.3) is 0 Å². The third-order valence-corrected chi connectivity index (χ3v) is 6.78. The summed E-state index contributed by atoms with van der Waals surface area (Å²) in [5, 5.41) is 0. The zero-order chi connectivity index (χ0) is 19.5. The highest BCUT2D eigenvalue weighted by Gasteiger charge is 2.25. The van der Waals surface area contributed by atoms with Crippen LogP contribution in [0.1, 0.15) is 137 Å². The maximum Gasteiger partial charge on any atom is 0.0859 e. The van der Waals surface area contributed by atoms with E-state index in [0.717, 1.165) is 6.04 Å². The predicted molar refractivity (Wildman–Crippen MR) is 121 cm³/mol. The second kappa shape index (κ2) is 18.3. The molecule has 0 fully saturated rings. The van der Waals surface area contributed by atoms with Crippen LogP contribution in [0.5, 0.6) is 0 Å². The Morgan fingerprint density at radius 1 is 0.538 bits per heavy atom. The Bertz CT molecular complexity index is 275. The van der Waals surface area contributed by atoms with Crippen LogP contribution in [0.3, 0.4) is 0 Å². The average molecular weight is 369 g/mol. The molecule has 0 aromatic heterocycles. The zero-order valence-electron chi connectivity index (χ0n) is 19.5. The van der Waals surface area contributed by atoms with E-state index in [1.807, 2.05) is 0 Å². The molecule has 1 heteroatoms. The van der Waals surface area contributed by atoms with Gasteiger partial charge >= 0.3 is 0 Å². The lowest BCUT2D eigenvalue weighted by Gasteiger charge is -2.39.